The van der Waals surface area contributed by atoms with Crippen molar-refractivity contribution in [1.82, 2.24) is 4.98 Å². The van der Waals surface area contributed by atoms with Gasteiger partial charge in [-0.1, -0.05) is 0 Å². The second-order valence-electron chi connectivity index (χ2n) is 3.36. The van der Waals surface area contributed by atoms with E-state index >= 15 is 0 Å². The number of rotatable bonds is 5. The first-order chi connectivity index (χ1) is 8.88. The Bertz CT molecular complexity index is 511. The van der Waals surface area contributed by atoms with Crippen LogP contribution in [0.1, 0.15) is 24.6 Å². The molecular weight excluding hydrogens is 330 g/mol. The molecule has 6 nitrogen and oxygen atoms in total. The van der Waals surface area contributed by atoms with Gasteiger partial charge >= 0.3 is 11.7 Å². The molecule has 1 aromatic rings. The summed E-state index contributed by atoms with van der Waals surface area (Å²) in [6.45, 7) is 1.69. The molecule has 0 spiro atoms. The van der Waals surface area contributed by atoms with Crippen LogP contribution in [0.25, 0.3) is 0 Å². The molecular formula is C10H9BrF2N2O4. The highest BCUT2D eigenvalue weighted by atomic mass is 79.9. The van der Waals surface area contributed by atoms with Gasteiger partial charge in [0.15, 0.2) is 0 Å². The largest absolute Gasteiger partial charge is 0.466 e. The Morgan fingerprint density at radius 3 is 2.74 bits per heavy atom. The lowest BCUT2D eigenvalue weighted by Gasteiger charge is -2.07. The van der Waals surface area contributed by atoms with E-state index in [0.29, 0.717) is 0 Å². The van der Waals surface area contributed by atoms with Crippen molar-refractivity contribution in [3.8, 4) is 0 Å². The van der Waals surface area contributed by atoms with Gasteiger partial charge in [-0.25, -0.2) is 8.78 Å². The summed E-state index contributed by atoms with van der Waals surface area (Å²) in [6.07, 6.45) is -2.56. The Hall–Kier alpha value is -1.64. The highest BCUT2D eigenvalue weighted by Crippen LogP contribution is 2.35. The minimum absolute atomic E-state index is 0.114. The second kappa shape index (κ2) is 6.50. The van der Waals surface area contributed by atoms with Gasteiger partial charge in [0, 0.05) is 6.20 Å². The molecule has 104 valence electrons. The van der Waals surface area contributed by atoms with Crippen LogP contribution in [0.2, 0.25) is 0 Å². The minimum atomic E-state index is -2.91. The molecule has 0 atom stereocenters. The Morgan fingerprint density at radius 2 is 2.26 bits per heavy atom. The maximum atomic E-state index is 12.6. The third-order valence-electron chi connectivity index (χ3n) is 2.13. The van der Waals surface area contributed by atoms with Crippen LogP contribution in [0, 0.1) is 10.1 Å². The number of pyridine rings is 1. The summed E-state index contributed by atoms with van der Waals surface area (Å²) in [5, 5.41) is 10.9. The van der Waals surface area contributed by atoms with E-state index in [1.165, 1.54) is 0 Å². The van der Waals surface area contributed by atoms with E-state index in [0.717, 1.165) is 6.20 Å². The average Bonchev–Trinajstić information content (AvgIpc) is 2.28. The molecule has 0 aliphatic carbocycles. The third kappa shape index (κ3) is 3.66. The number of carbonyl (C=O) groups excluding carboxylic acids is 1. The standard InChI is InChI=1S/C10H9BrF2N2O4/c1-2-19-7(16)3-6-9(15(17)18)8(11)5(4-14-6)10(12)13/h4,10H,2-3H2,1H3. The predicted molar refractivity (Wildman–Crippen MR) is 63.9 cm³/mol. The number of nitrogens with zero attached hydrogens (tertiary/aromatic N) is 2. The molecule has 0 aliphatic heterocycles. The topological polar surface area (TPSA) is 82.3 Å². The van der Waals surface area contributed by atoms with E-state index in [2.05, 4.69) is 25.7 Å². The van der Waals surface area contributed by atoms with Gasteiger partial charge in [0.1, 0.15) is 10.2 Å². The SMILES string of the molecule is CCOC(=O)Cc1ncc(C(F)F)c(Br)c1[N+](=O)[O-]. The molecule has 0 amide bonds. The van der Waals surface area contributed by atoms with Crippen molar-refractivity contribution in [2.75, 3.05) is 6.61 Å². The fourth-order valence-electron chi connectivity index (χ4n) is 1.34. The third-order valence-corrected chi connectivity index (χ3v) is 2.96. The fourth-order valence-corrected chi connectivity index (χ4v) is 1.99. The van der Waals surface area contributed by atoms with Crippen molar-refractivity contribution < 1.29 is 23.2 Å². The van der Waals surface area contributed by atoms with E-state index in [9.17, 15) is 23.7 Å². The molecule has 9 heteroatoms. The first kappa shape index (κ1) is 15.4. The number of aromatic nitrogens is 1. The summed E-state index contributed by atoms with van der Waals surface area (Å²) in [4.78, 5) is 24.9. The maximum absolute atomic E-state index is 12.6. The van der Waals surface area contributed by atoms with Crippen LogP contribution < -0.4 is 0 Å². The molecule has 0 aliphatic rings. The number of halogens is 3. The fraction of sp³-hybridized carbons (Fsp3) is 0.400. The number of alkyl halides is 2. The summed E-state index contributed by atoms with van der Waals surface area (Å²) in [5.41, 5.74) is -1.47. The van der Waals surface area contributed by atoms with Crippen LogP contribution in [-0.2, 0) is 16.0 Å². The van der Waals surface area contributed by atoms with Gasteiger partial charge < -0.3 is 4.74 Å². The summed E-state index contributed by atoms with van der Waals surface area (Å²) in [6, 6.07) is 0. The highest BCUT2D eigenvalue weighted by Gasteiger charge is 2.27. The van der Waals surface area contributed by atoms with E-state index in [-0.39, 0.29) is 16.8 Å². The Kier molecular flexibility index (Phi) is 5.28. The normalized spacial score (nSPS) is 10.6. The molecule has 19 heavy (non-hydrogen) atoms. The number of nitro groups is 1. The summed E-state index contributed by atoms with van der Waals surface area (Å²) < 4.78 is 29.5. The van der Waals surface area contributed by atoms with E-state index in [1.807, 2.05) is 0 Å². The molecule has 0 bridgehead atoms. The predicted octanol–water partition coefficient (Wildman–Crippen LogP) is 2.80. The minimum Gasteiger partial charge on any atom is -0.466 e. The van der Waals surface area contributed by atoms with Crippen LogP contribution >= 0.6 is 15.9 Å². The van der Waals surface area contributed by atoms with Gasteiger partial charge in [0.25, 0.3) is 6.43 Å². The molecule has 1 heterocycles. The number of esters is 1. The Morgan fingerprint density at radius 1 is 1.63 bits per heavy atom. The molecule has 0 radical (unpaired) electrons. The van der Waals surface area contributed by atoms with E-state index in [4.69, 9.17) is 0 Å². The second-order valence-corrected chi connectivity index (χ2v) is 4.16. The van der Waals surface area contributed by atoms with Crippen molar-refractivity contribution in [2.24, 2.45) is 0 Å². The molecule has 0 saturated heterocycles. The van der Waals surface area contributed by atoms with Crippen molar-refractivity contribution in [3.05, 3.63) is 32.0 Å². The molecule has 0 unspecified atom stereocenters. The summed E-state index contributed by atoms with van der Waals surface area (Å²) in [5.74, 6) is -0.713. The van der Waals surface area contributed by atoms with Crippen molar-refractivity contribution >= 4 is 27.6 Å². The summed E-state index contributed by atoms with van der Waals surface area (Å²) in [7, 11) is 0. The van der Waals surface area contributed by atoms with Gasteiger partial charge in [0.05, 0.1) is 23.5 Å². The van der Waals surface area contributed by atoms with Crippen LogP contribution in [0.3, 0.4) is 0 Å². The van der Waals surface area contributed by atoms with Crippen molar-refractivity contribution in [3.63, 3.8) is 0 Å². The van der Waals surface area contributed by atoms with Gasteiger partial charge in [-0.15, -0.1) is 0 Å². The van der Waals surface area contributed by atoms with E-state index < -0.39 is 35.0 Å². The van der Waals surface area contributed by atoms with Gasteiger partial charge in [-0.2, -0.15) is 0 Å². The van der Waals surface area contributed by atoms with E-state index in [1.54, 1.807) is 6.92 Å². The zero-order valence-electron chi connectivity index (χ0n) is 9.73. The molecule has 0 aromatic carbocycles. The number of carbonyl (C=O) groups is 1. The molecule has 0 N–H and O–H groups in total. The number of ether oxygens (including phenoxy) is 1. The average molecular weight is 339 g/mol. The first-order valence-electron chi connectivity index (χ1n) is 5.13. The van der Waals surface area contributed by atoms with Gasteiger partial charge in [-0.05, 0) is 22.9 Å². The highest BCUT2D eigenvalue weighted by molar-refractivity contribution is 9.10. The first-order valence-corrected chi connectivity index (χ1v) is 5.93. The molecule has 1 rings (SSSR count). The smallest absolute Gasteiger partial charge is 0.312 e. The van der Waals surface area contributed by atoms with Crippen molar-refractivity contribution in [2.45, 2.75) is 19.8 Å². The lowest BCUT2D eigenvalue weighted by Crippen LogP contribution is -2.11. The van der Waals surface area contributed by atoms with Crippen molar-refractivity contribution in [1.29, 1.82) is 0 Å². The van der Waals surface area contributed by atoms with Crippen LogP contribution in [0.5, 0.6) is 0 Å². The lowest BCUT2D eigenvalue weighted by molar-refractivity contribution is -0.386. The van der Waals surface area contributed by atoms with Gasteiger partial charge in [-0.3, -0.25) is 19.9 Å². The lowest BCUT2D eigenvalue weighted by atomic mass is 10.2. The van der Waals surface area contributed by atoms with Gasteiger partial charge in [0.2, 0.25) is 0 Å². The van der Waals surface area contributed by atoms with Crippen LogP contribution in [0.15, 0.2) is 10.7 Å². The Labute approximate surface area is 115 Å². The van der Waals surface area contributed by atoms with Crippen LogP contribution in [0.4, 0.5) is 14.5 Å². The van der Waals surface area contributed by atoms with Crippen LogP contribution in [-0.4, -0.2) is 22.5 Å². The number of hydrogen-bond acceptors (Lipinski definition) is 5. The monoisotopic (exact) mass is 338 g/mol. The maximum Gasteiger partial charge on any atom is 0.312 e. The number of hydrogen-bond donors (Lipinski definition) is 0. The molecule has 0 fully saturated rings. The zero-order chi connectivity index (χ0) is 14.6. The summed E-state index contributed by atoms with van der Waals surface area (Å²) >= 11 is 2.75. The zero-order valence-corrected chi connectivity index (χ0v) is 11.3. The molecule has 1 aromatic heterocycles. The quantitative estimate of drug-likeness (QED) is 0.468. The Balaban J connectivity index is 3.22. The molecule has 0 saturated carbocycles.